The summed E-state index contributed by atoms with van der Waals surface area (Å²) < 4.78 is 26.3. The summed E-state index contributed by atoms with van der Waals surface area (Å²) in [5.74, 6) is 0.716. The van der Waals surface area contributed by atoms with Crippen molar-refractivity contribution in [3.05, 3.63) is 36.7 Å². The van der Waals surface area contributed by atoms with Crippen LogP contribution < -0.4 is 4.90 Å². The Morgan fingerprint density at radius 1 is 1.15 bits per heavy atom. The molecule has 6 heteroatoms. The molecule has 0 saturated carbocycles. The Kier molecular flexibility index (Phi) is 3.05. The Hall–Kier alpha value is -1.82. The molecule has 0 amide bonds. The molecule has 0 aliphatic carbocycles. The van der Waals surface area contributed by atoms with Crippen LogP contribution >= 0.6 is 0 Å². The van der Waals surface area contributed by atoms with E-state index in [-0.39, 0.29) is 4.90 Å². The second-order valence-corrected chi connectivity index (χ2v) is 7.31. The fourth-order valence-corrected chi connectivity index (χ4v) is 3.66. The molecule has 3 rings (SSSR count). The summed E-state index contributed by atoms with van der Waals surface area (Å²) in [6.45, 7) is 4.28. The molecule has 2 heterocycles. The molecule has 1 saturated heterocycles. The Labute approximate surface area is 118 Å². The molecule has 5 nitrogen and oxygen atoms in total. The summed E-state index contributed by atoms with van der Waals surface area (Å²) in [5, 5.41) is 3.91. The molecule has 0 spiro atoms. The molecule has 20 heavy (non-hydrogen) atoms. The van der Waals surface area contributed by atoms with Gasteiger partial charge in [0.05, 0.1) is 11.1 Å². The third kappa shape index (κ3) is 2.20. The second kappa shape index (κ2) is 4.63. The van der Waals surface area contributed by atoms with Gasteiger partial charge in [-0.15, -0.1) is 0 Å². The molecule has 0 bridgehead atoms. The van der Waals surface area contributed by atoms with Crippen molar-refractivity contribution in [2.24, 2.45) is 13.0 Å². The van der Waals surface area contributed by atoms with Gasteiger partial charge in [-0.1, -0.05) is 6.92 Å². The zero-order valence-electron chi connectivity index (χ0n) is 11.5. The highest BCUT2D eigenvalue weighted by Gasteiger charge is 2.24. The lowest BCUT2D eigenvalue weighted by atomic mass is 10.0. The third-order valence-corrected chi connectivity index (χ3v) is 5.29. The van der Waals surface area contributed by atoms with Gasteiger partial charge in [0.15, 0.2) is 0 Å². The van der Waals surface area contributed by atoms with Crippen LogP contribution in [-0.4, -0.2) is 31.3 Å². The van der Waals surface area contributed by atoms with Crippen molar-refractivity contribution in [3.8, 4) is 0 Å². The van der Waals surface area contributed by atoms with E-state index < -0.39 is 9.84 Å². The molecule has 1 aromatic carbocycles. The molecule has 1 fully saturated rings. The molecular formula is C14H17N3O2S. The summed E-state index contributed by atoms with van der Waals surface area (Å²) in [4.78, 5) is 2.78. The molecule has 2 aromatic rings. The average molecular weight is 291 g/mol. The van der Waals surface area contributed by atoms with Crippen LogP contribution in [0, 0.1) is 5.92 Å². The fraction of sp³-hybridized carbons (Fsp3) is 0.357. The number of hydrogen-bond donors (Lipinski definition) is 0. The number of benzene rings is 1. The summed E-state index contributed by atoms with van der Waals surface area (Å²) in [5.41, 5.74) is 1.08. The minimum absolute atomic E-state index is 0.227. The van der Waals surface area contributed by atoms with Crippen molar-refractivity contribution in [1.29, 1.82) is 0 Å². The van der Waals surface area contributed by atoms with Gasteiger partial charge in [0.1, 0.15) is 4.90 Å². The number of rotatable bonds is 3. The monoisotopic (exact) mass is 291 g/mol. The lowest BCUT2D eigenvalue weighted by Gasteiger charge is -2.39. The molecule has 0 atom stereocenters. The lowest BCUT2D eigenvalue weighted by molar-refractivity contribution is 0.447. The van der Waals surface area contributed by atoms with E-state index in [0.717, 1.165) is 18.8 Å². The first-order chi connectivity index (χ1) is 9.46. The molecular weight excluding hydrogens is 274 g/mol. The van der Waals surface area contributed by atoms with Crippen LogP contribution in [0.1, 0.15) is 6.92 Å². The van der Waals surface area contributed by atoms with E-state index in [1.54, 1.807) is 19.2 Å². The second-order valence-electron chi connectivity index (χ2n) is 5.36. The first-order valence-electron chi connectivity index (χ1n) is 6.55. The zero-order chi connectivity index (χ0) is 14.3. The molecule has 0 radical (unpaired) electrons. The zero-order valence-corrected chi connectivity index (χ0v) is 12.3. The quantitative estimate of drug-likeness (QED) is 0.864. The number of sulfone groups is 1. The first-order valence-corrected chi connectivity index (χ1v) is 8.04. The molecule has 1 aliphatic rings. The Morgan fingerprint density at radius 3 is 2.30 bits per heavy atom. The Bertz CT molecular complexity index is 713. The summed E-state index contributed by atoms with van der Waals surface area (Å²) in [7, 11) is -1.76. The van der Waals surface area contributed by atoms with E-state index >= 15 is 0 Å². The average Bonchev–Trinajstić information content (AvgIpc) is 2.83. The third-order valence-electron chi connectivity index (χ3n) is 3.57. The summed E-state index contributed by atoms with van der Waals surface area (Å²) in [6.07, 6.45) is 2.89. The van der Waals surface area contributed by atoms with E-state index in [4.69, 9.17) is 0 Å². The SMILES string of the molecule is CC1CN(c2ccc(S(=O)(=O)c3cnn(C)c3)cc2)C1. The number of aryl methyl sites for hydroxylation is 1. The van der Waals surface area contributed by atoms with E-state index in [1.807, 2.05) is 12.1 Å². The van der Waals surface area contributed by atoms with Gasteiger partial charge in [-0.2, -0.15) is 5.10 Å². The maximum atomic E-state index is 12.4. The molecule has 1 aliphatic heterocycles. The van der Waals surface area contributed by atoms with Gasteiger partial charge < -0.3 is 4.90 Å². The molecule has 1 aromatic heterocycles. The highest BCUT2D eigenvalue weighted by atomic mass is 32.2. The topological polar surface area (TPSA) is 55.2 Å². The van der Waals surface area contributed by atoms with Crippen molar-refractivity contribution >= 4 is 15.5 Å². The minimum Gasteiger partial charge on any atom is -0.371 e. The standard InChI is InChI=1S/C14H17N3O2S/c1-11-8-17(9-11)12-3-5-13(6-4-12)20(18,19)14-7-15-16(2)10-14/h3-7,10-11H,8-9H2,1-2H3. The van der Waals surface area contributed by atoms with Crippen molar-refractivity contribution in [1.82, 2.24) is 9.78 Å². The van der Waals surface area contributed by atoms with E-state index in [0.29, 0.717) is 10.8 Å². The molecule has 0 unspecified atom stereocenters. The normalized spacial score (nSPS) is 16.2. The predicted molar refractivity (Wildman–Crippen MR) is 76.5 cm³/mol. The van der Waals surface area contributed by atoms with Gasteiger partial charge in [-0.05, 0) is 30.2 Å². The number of anilines is 1. The Balaban J connectivity index is 1.87. The van der Waals surface area contributed by atoms with Crippen LogP contribution in [0.4, 0.5) is 5.69 Å². The fourth-order valence-electron chi connectivity index (χ4n) is 2.42. The van der Waals surface area contributed by atoms with Gasteiger partial charge >= 0.3 is 0 Å². The van der Waals surface area contributed by atoms with Crippen LogP contribution in [0.2, 0.25) is 0 Å². The maximum Gasteiger partial charge on any atom is 0.209 e. The predicted octanol–water partition coefficient (Wildman–Crippen LogP) is 1.71. The minimum atomic E-state index is -3.46. The van der Waals surface area contributed by atoms with Crippen LogP contribution in [0.25, 0.3) is 0 Å². The van der Waals surface area contributed by atoms with Crippen LogP contribution in [0.3, 0.4) is 0 Å². The van der Waals surface area contributed by atoms with Crippen molar-refractivity contribution in [3.63, 3.8) is 0 Å². The van der Waals surface area contributed by atoms with Gasteiger partial charge in [-0.3, -0.25) is 4.68 Å². The molecule has 0 N–H and O–H groups in total. The van der Waals surface area contributed by atoms with Crippen molar-refractivity contribution in [2.45, 2.75) is 16.7 Å². The van der Waals surface area contributed by atoms with Crippen LogP contribution in [-0.2, 0) is 16.9 Å². The van der Waals surface area contributed by atoms with Gasteiger partial charge in [0.2, 0.25) is 9.84 Å². The lowest BCUT2D eigenvalue weighted by Crippen LogP contribution is -2.45. The maximum absolute atomic E-state index is 12.4. The van der Waals surface area contributed by atoms with Gasteiger partial charge in [-0.25, -0.2) is 8.42 Å². The van der Waals surface area contributed by atoms with E-state index in [2.05, 4.69) is 16.9 Å². The number of aromatic nitrogens is 2. The van der Waals surface area contributed by atoms with Crippen LogP contribution in [0.5, 0.6) is 0 Å². The van der Waals surface area contributed by atoms with Crippen molar-refractivity contribution < 1.29 is 8.42 Å². The smallest absolute Gasteiger partial charge is 0.209 e. The van der Waals surface area contributed by atoms with Gasteiger partial charge in [0.25, 0.3) is 0 Å². The van der Waals surface area contributed by atoms with Crippen LogP contribution in [0.15, 0.2) is 46.5 Å². The summed E-state index contributed by atoms with van der Waals surface area (Å²) in [6, 6.07) is 7.07. The number of hydrogen-bond acceptors (Lipinski definition) is 4. The first kappa shape index (κ1) is 13.2. The van der Waals surface area contributed by atoms with Gasteiger partial charge in [0, 0.05) is 32.0 Å². The molecule has 106 valence electrons. The largest absolute Gasteiger partial charge is 0.371 e. The highest BCUT2D eigenvalue weighted by molar-refractivity contribution is 7.91. The summed E-state index contributed by atoms with van der Waals surface area (Å²) >= 11 is 0. The highest BCUT2D eigenvalue weighted by Crippen LogP contribution is 2.27. The van der Waals surface area contributed by atoms with Crippen molar-refractivity contribution in [2.75, 3.05) is 18.0 Å². The number of nitrogens with zero attached hydrogens (tertiary/aromatic N) is 3. The Morgan fingerprint density at radius 2 is 1.80 bits per heavy atom. The van der Waals surface area contributed by atoms with E-state index in [9.17, 15) is 8.42 Å². The van der Waals surface area contributed by atoms with E-state index in [1.165, 1.54) is 17.1 Å².